The van der Waals surface area contributed by atoms with Crippen LogP contribution in [0.4, 0.5) is 0 Å². The van der Waals surface area contributed by atoms with Crippen LogP contribution in [0.5, 0.6) is 0 Å². The van der Waals surface area contributed by atoms with E-state index in [9.17, 15) is 14.4 Å². The molecule has 0 aliphatic carbocycles. The number of hydrogen-bond acceptors (Lipinski definition) is 5. The van der Waals surface area contributed by atoms with Gasteiger partial charge in [-0.2, -0.15) is 0 Å². The fourth-order valence-corrected chi connectivity index (χ4v) is 1.89. The second-order valence-corrected chi connectivity index (χ2v) is 4.34. The van der Waals surface area contributed by atoms with E-state index < -0.39 is 23.7 Å². The summed E-state index contributed by atoms with van der Waals surface area (Å²) in [5.41, 5.74) is 0.832. The highest BCUT2D eigenvalue weighted by Gasteiger charge is 2.21. The van der Waals surface area contributed by atoms with Crippen molar-refractivity contribution in [3.63, 3.8) is 0 Å². The molecular formula is C13H14N2O6. The lowest BCUT2D eigenvalue weighted by Gasteiger charge is -2.13. The Balaban J connectivity index is 2.16. The lowest BCUT2D eigenvalue weighted by Crippen LogP contribution is -2.45. The van der Waals surface area contributed by atoms with Crippen LogP contribution in [0.25, 0.3) is 11.1 Å². The third kappa shape index (κ3) is 3.29. The maximum Gasteiger partial charge on any atom is 0.420 e. The van der Waals surface area contributed by atoms with Crippen LogP contribution in [-0.4, -0.2) is 41.3 Å². The molecule has 1 unspecified atom stereocenters. The van der Waals surface area contributed by atoms with Gasteiger partial charge in [0.15, 0.2) is 11.6 Å². The van der Waals surface area contributed by atoms with Crippen LogP contribution in [0.15, 0.2) is 33.5 Å². The van der Waals surface area contributed by atoms with Crippen molar-refractivity contribution in [2.45, 2.75) is 12.6 Å². The van der Waals surface area contributed by atoms with Crippen LogP contribution in [0.3, 0.4) is 0 Å². The van der Waals surface area contributed by atoms with Crippen LogP contribution in [-0.2, 0) is 20.9 Å². The van der Waals surface area contributed by atoms with Crippen molar-refractivity contribution >= 4 is 23.0 Å². The molecule has 1 atom stereocenters. The molecule has 1 aromatic carbocycles. The minimum Gasteiger partial charge on any atom is -0.480 e. The highest BCUT2D eigenvalue weighted by atomic mass is 16.5. The van der Waals surface area contributed by atoms with E-state index >= 15 is 0 Å². The number of carbonyl (C=O) groups is 2. The van der Waals surface area contributed by atoms with Crippen LogP contribution < -0.4 is 11.1 Å². The summed E-state index contributed by atoms with van der Waals surface area (Å²) in [6, 6.07) is 5.48. The van der Waals surface area contributed by atoms with Crippen molar-refractivity contribution in [2.24, 2.45) is 0 Å². The molecule has 0 bridgehead atoms. The van der Waals surface area contributed by atoms with E-state index in [4.69, 9.17) is 14.3 Å². The minimum absolute atomic E-state index is 0.165. The summed E-state index contributed by atoms with van der Waals surface area (Å²) in [6.07, 6.45) is 0. The molecular weight excluding hydrogens is 280 g/mol. The molecule has 8 nitrogen and oxygen atoms in total. The predicted octanol–water partition coefficient (Wildman–Crippen LogP) is -0.190. The van der Waals surface area contributed by atoms with Crippen molar-refractivity contribution in [2.75, 3.05) is 13.7 Å². The third-order valence-electron chi connectivity index (χ3n) is 2.84. The smallest absolute Gasteiger partial charge is 0.420 e. The number of ether oxygens (including phenoxy) is 1. The van der Waals surface area contributed by atoms with Crippen LogP contribution in [0.2, 0.25) is 0 Å². The van der Waals surface area contributed by atoms with E-state index in [1.807, 2.05) is 0 Å². The monoisotopic (exact) mass is 294 g/mol. The molecule has 0 fully saturated rings. The molecule has 0 aliphatic rings. The van der Waals surface area contributed by atoms with Gasteiger partial charge in [-0.3, -0.25) is 9.36 Å². The number of aliphatic carboxylic acids is 1. The Morgan fingerprint density at radius 3 is 2.81 bits per heavy atom. The molecule has 2 N–H and O–H groups in total. The number of benzene rings is 1. The molecule has 8 heteroatoms. The number of rotatable bonds is 6. The maximum absolute atomic E-state index is 11.9. The maximum atomic E-state index is 11.9. The Kier molecular flexibility index (Phi) is 4.39. The van der Waals surface area contributed by atoms with E-state index in [1.165, 1.54) is 7.11 Å². The quantitative estimate of drug-likeness (QED) is 0.764. The molecule has 1 heterocycles. The Hall–Kier alpha value is -2.61. The predicted molar refractivity (Wildman–Crippen MR) is 71.9 cm³/mol. The average Bonchev–Trinajstić information content (AvgIpc) is 2.75. The average molecular weight is 294 g/mol. The number of nitrogens with one attached hydrogen (secondary N) is 1. The van der Waals surface area contributed by atoms with Crippen LogP contribution >= 0.6 is 0 Å². The van der Waals surface area contributed by atoms with Crippen molar-refractivity contribution in [1.29, 1.82) is 0 Å². The molecule has 0 aliphatic heterocycles. The Morgan fingerprint density at radius 1 is 1.43 bits per heavy atom. The zero-order valence-corrected chi connectivity index (χ0v) is 11.2. The molecule has 1 amide bonds. The van der Waals surface area contributed by atoms with Gasteiger partial charge in [0.1, 0.15) is 6.54 Å². The van der Waals surface area contributed by atoms with Crippen molar-refractivity contribution in [1.82, 2.24) is 9.88 Å². The van der Waals surface area contributed by atoms with Crippen molar-refractivity contribution < 1.29 is 23.8 Å². The number of hydrogen-bond donors (Lipinski definition) is 2. The summed E-state index contributed by atoms with van der Waals surface area (Å²) in [4.78, 5) is 34.5. The number of aromatic nitrogens is 1. The van der Waals surface area contributed by atoms with Gasteiger partial charge < -0.3 is 19.6 Å². The van der Waals surface area contributed by atoms with Crippen molar-refractivity contribution in [3.05, 3.63) is 34.8 Å². The molecule has 2 rings (SSSR count). The van der Waals surface area contributed by atoms with Gasteiger partial charge in [-0.15, -0.1) is 0 Å². The number of para-hydroxylation sites is 2. The highest BCUT2D eigenvalue weighted by Crippen LogP contribution is 2.11. The number of oxazole rings is 1. The summed E-state index contributed by atoms with van der Waals surface area (Å²) in [5.74, 6) is -2.51. The Labute approximate surface area is 118 Å². The van der Waals surface area contributed by atoms with Gasteiger partial charge >= 0.3 is 11.7 Å². The second kappa shape index (κ2) is 6.23. The van der Waals surface area contributed by atoms with E-state index in [0.29, 0.717) is 11.1 Å². The summed E-state index contributed by atoms with van der Waals surface area (Å²) >= 11 is 0. The van der Waals surface area contributed by atoms with Gasteiger partial charge in [-0.1, -0.05) is 12.1 Å². The molecule has 0 saturated heterocycles. The van der Waals surface area contributed by atoms with E-state index in [-0.39, 0.29) is 13.2 Å². The number of methoxy groups -OCH3 is 1. The van der Waals surface area contributed by atoms with E-state index in [1.54, 1.807) is 24.3 Å². The number of carbonyl (C=O) groups excluding carboxylic acids is 1. The molecule has 1 aromatic heterocycles. The number of carboxylic acids is 1. The fourth-order valence-electron chi connectivity index (χ4n) is 1.89. The van der Waals surface area contributed by atoms with Crippen LogP contribution in [0, 0.1) is 0 Å². The highest BCUT2D eigenvalue weighted by molar-refractivity contribution is 5.84. The lowest BCUT2D eigenvalue weighted by atomic mass is 10.3. The third-order valence-corrected chi connectivity index (χ3v) is 2.84. The summed E-state index contributed by atoms with van der Waals surface area (Å²) in [6.45, 7) is -0.495. The first-order valence-corrected chi connectivity index (χ1v) is 6.12. The minimum atomic E-state index is -1.21. The van der Waals surface area contributed by atoms with E-state index in [2.05, 4.69) is 5.32 Å². The molecule has 21 heavy (non-hydrogen) atoms. The second-order valence-electron chi connectivity index (χ2n) is 4.34. The fraction of sp³-hybridized carbons (Fsp3) is 0.308. The van der Waals surface area contributed by atoms with Gasteiger partial charge in [0, 0.05) is 7.11 Å². The van der Waals surface area contributed by atoms with E-state index in [0.717, 1.165) is 4.57 Å². The normalized spacial score (nSPS) is 12.2. The topological polar surface area (TPSA) is 111 Å². The zero-order valence-electron chi connectivity index (χ0n) is 11.2. The molecule has 0 radical (unpaired) electrons. The molecule has 112 valence electrons. The van der Waals surface area contributed by atoms with Gasteiger partial charge in [-0.05, 0) is 12.1 Å². The number of amides is 1. The molecule has 0 spiro atoms. The summed E-state index contributed by atoms with van der Waals surface area (Å²) in [5, 5.41) is 11.2. The largest absolute Gasteiger partial charge is 0.480 e. The Bertz CT molecular complexity index is 717. The SMILES string of the molecule is COCC(NC(=O)Cn1c(=O)oc2ccccc21)C(=O)O. The zero-order chi connectivity index (χ0) is 15.4. The molecule has 0 saturated carbocycles. The molecule has 2 aromatic rings. The first kappa shape index (κ1) is 14.8. The van der Waals surface area contributed by atoms with Gasteiger partial charge in [-0.25, -0.2) is 9.59 Å². The summed E-state index contributed by atoms with van der Waals surface area (Å²) in [7, 11) is 1.33. The van der Waals surface area contributed by atoms with Gasteiger partial charge in [0.05, 0.1) is 12.1 Å². The van der Waals surface area contributed by atoms with Gasteiger partial charge in [0.25, 0.3) is 0 Å². The first-order valence-electron chi connectivity index (χ1n) is 6.12. The summed E-state index contributed by atoms with van der Waals surface area (Å²) < 4.78 is 10.8. The lowest BCUT2D eigenvalue weighted by molar-refractivity contribution is -0.143. The van der Waals surface area contributed by atoms with Gasteiger partial charge in [0.2, 0.25) is 5.91 Å². The standard InChI is InChI=1S/C13H14N2O6/c1-20-7-8(12(17)18)14-11(16)6-15-9-4-2-3-5-10(9)21-13(15)19/h2-5,8H,6-7H2,1H3,(H,14,16)(H,17,18). The number of nitrogens with zero attached hydrogens (tertiary/aromatic N) is 1. The first-order chi connectivity index (χ1) is 10.0. The number of carboxylic acid groups (broad SMARTS) is 1. The van der Waals surface area contributed by atoms with Crippen LogP contribution in [0.1, 0.15) is 0 Å². The number of fused-ring (bicyclic) bond motifs is 1. The van der Waals surface area contributed by atoms with Crippen molar-refractivity contribution in [3.8, 4) is 0 Å². The Morgan fingerprint density at radius 2 is 2.14 bits per heavy atom.